The van der Waals surface area contributed by atoms with Gasteiger partial charge < -0.3 is 27.2 Å². The van der Waals surface area contributed by atoms with Crippen molar-refractivity contribution in [1.82, 2.24) is 0 Å². The van der Waals surface area contributed by atoms with Crippen LogP contribution < -0.4 is 0 Å². The quantitative estimate of drug-likeness (QED) is 0.0930. The molecular weight excluding hydrogens is 681 g/mol. The lowest BCUT2D eigenvalue weighted by Gasteiger charge is -2.54. The monoisotopic (exact) mass is 756 g/mol. The molecule has 0 N–H and O–H groups in total. The summed E-state index contributed by atoms with van der Waals surface area (Å²) in [6.45, 7) is 47.2. The summed E-state index contributed by atoms with van der Waals surface area (Å²) in [5, 5.41) is 0.101. The van der Waals surface area contributed by atoms with Gasteiger partial charge in [-0.05, 0) is 85.2 Å². The highest BCUT2D eigenvalue weighted by atomic mass is 33.1. The normalized spacial score (nSPS) is 24.8. The van der Waals surface area contributed by atoms with E-state index >= 15 is 0 Å². The molecule has 0 aromatic rings. The van der Waals surface area contributed by atoms with Crippen LogP contribution in [0.4, 0.5) is 0 Å². The van der Waals surface area contributed by atoms with E-state index in [-0.39, 0.29) is 38.5 Å². The highest BCUT2D eigenvalue weighted by Gasteiger charge is 2.57. The molecule has 1 heterocycles. The second-order valence-corrected chi connectivity index (χ2v) is 41.1. The van der Waals surface area contributed by atoms with Crippen LogP contribution in [0.2, 0.25) is 72.5 Å². The van der Waals surface area contributed by atoms with Crippen LogP contribution in [0.15, 0.2) is 0 Å². The lowest BCUT2D eigenvalue weighted by Crippen LogP contribution is -2.68. The SMILES string of the molecule is CSSCCCOC1O[C@H](CO[Si](C)(C)C(C)(C)C)[C@@H](O[Si](C)(C)C(C)(C)C)[C@H](O[Si](C)(C)C(C)(C)C)[C@H]1O[Si](C)(C)C(C)(C)C. The average molecular weight is 757 g/mol. The molecule has 1 aliphatic rings. The van der Waals surface area contributed by atoms with Gasteiger partial charge in [-0.25, -0.2) is 0 Å². The first-order valence-electron chi connectivity index (χ1n) is 17.4. The fraction of sp³-hybridized carbons (Fsp3) is 1.00. The molecule has 0 bridgehead atoms. The molecule has 12 heteroatoms. The molecule has 276 valence electrons. The van der Waals surface area contributed by atoms with Crippen molar-refractivity contribution in [2.24, 2.45) is 0 Å². The molecule has 0 aromatic heterocycles. The van der Waals surface area contributed by atoms with Gasteiger partial charge >= 0.3 is 0 Å². The molecular formula is C34H76O6S2Si4. The van der Waals surface area contributed by atoms with Crippen molar-refractivity contribution in [3.05, 3.63) is 0 Å². The Hall–Kier alpha value is 1.33. The van der Waals surface area contributed by atoms with E-state index < -0.39 is 45.7 Å². The number of hydrogen-bond donors (Lipinski definition) is 0. The van der Waals surface area contributed by atoms with E-state index in [0.29, 0.717) is 13.2 Å². The maximum absolute atomic E-state index is 7.51. The van der Waals surface area contributed by atoms with Crippen molar-refractivity contribution in [2.45, 2.75) is 193 Å². The van der Waals surface area contributed by atoms with Crippen LogP contribution in [0.3, 0.4) is 0 Å². The van der Waals surface area contributed by atoms with E-state index in [2.05, 4.69) is 142 Å². The molecule has 1 unspecified atom stereocenters. The third kappa shape index (κ3) is 12.2. The van der Waals surface area contributed by atoms with Gasteiger partial charge in [-0.3, -0.25) is 0 Å². The average Bonchev–Trinajstić information content (AvgIpc) is 2.83. The molecule has 6 nitrogen and oxygen atoms in total. The Kier molecular flexibility index (Phi) is 16.1. The van der Waals surface area contributed by atoms with E-state index in [1.165, 1.54) is 0 Å². The van der Waals surface area contributed by atoms with Crippen LogP contribution in [0, 0.1) is 0 Å². The topological polar surface area (TPSA) is 55.4 Å². The molecule has 1 fully saturated rings. The summed E-state index contributed by atoms with van der Waals surface area (Å²) in [4.78, 5) is 0. The Bertz CT molecular complexity index is 936. The fourth-order valence-electron chi connectivity index (χ4n) is 4.01. The van der Waals surface area contributed by atoms with Crippen LogP contribution in [-0.4, -0.2) is 89.2 Å². The van der Waals surface area contributed by atoms with Gasteiger partial charge in [-0.2, -0.15) is 0 Å². The van der Waals surface area contributed by atoms with Crippen LogP contribution in [0.5, 0.6) is 0 Å². The van der Waals surface area contributed by atoms with Crippen LogP contribution in [0.25, 0.3) is 0 Å². The van der Waals surface area contributed by atoms with Crippen molar-refractivity contribution in [2.75, 3.05) is 25.2 Å². The highest BCUT2D eigenvalue weighted by Crippen LogP contribution is 2.46. The van der Waals surface area contributed by atoms with Crippen molar-refractivity contribution in [1.29, 1.82) is 0 Å². The van der Waals surface area contributed by atoms with Gasteiger partial charge in [-0.1, -0.05) is 105 Å². The zero-order valence-electron chi connectivity index (χ0n) is 34.0. The summed E-state index contributed by atoms with van der Waals surface area (Å²) in [5.41, 5.74) is 0. The maximum atomic E-state index is 7.51. The highest BCUT2D eigenvalue weighted by molar-refractivity contribution is 8.76. The van der Waals surface area contributed by atoms with Gasteiger partial charge in [0.15, 0.2) is 39.6 Å². The summed E-state index contributed by atoms with van der Waals surface area (Å²) in [7, 11) is -5.27. The molecule has 0 saturated carbocycles. The summed E-state index contributed by atoms with van der Waals surface area (Å²) >= 11 is 0. The van der Waals surface area contributed by atoms with E-state index in [9.17, 15) is 0 Å². The second kappa shape index (κ2) is 16.3. The number of ether oxygens (including phenoxy) is 2. The van der Waals surface area contributed by atoms with Crippen molar-refractivity contribution >= 4 is 54.9 Å². The van der Waals surface area contributed by atoms with Gasteiger partial charge in [0.2, 0.25) is 0 Å². The lowest BCUT2D eigenvalue weighted by molar-refractivity contribution is -0.291. The van der Waals surface area contributed by atoms with E-state index in [1.54, 1.807) is 10.8 Å². The van der Waals surface area contributed by atoms with Crippen LogP contribution in [-0.2, 0) is 27.2 Å². The number of rotatable bonds is 15. The molecule has 0 spiro atoms. The molecule has 1 rings (SSSR count). The molecule has 0 aliphatic carbocycles. The van der Waals surface area contributed by atoms with E-state index in [0.717, 1.165) is 12.2 Å². The van der Waals surface area contributed by atoms with Gasteiger partial charge in [-0.15, -0.1) is 0 Å². The molecule has 1 saturated heterocycles. The molecule has 0 aromatic carbocycles. The fourth-order valence-corrected chi connectivity index (χ4v) is 10.2. The largest absolute Gasteiger partial charge is 0.414 e. The number of hydrogen-bond acceptors (Lipinski definition) is 8. The van der Waals surface area contributed by atoms with Crippen molar-refractivity contribution < 1.29 is 27.2 Å². The Morgan fingerprint density at radius 1 is 0.565 bits per heavy atom. The van der Waals surface area contributed by atoms with Gasteiger partial charge in [0.05, 0.1) is 13.2 Å². The zero-order valence-corrected chi connectivity index (χ0v) is 39.6. The summed E-state index contributed by atoms with van der Waals surface area (Å²) in [6, 6.07) is 0. The Balaban J connectivity index is 3.91. The Labute approximate surface area is 298 Å². The van der Waals surface area contributed by atoms with Gasteiger partial charge in [0, 0.05) is 5.75 Å². The molecule has 1 aliphatic heterocycles. The van der Waals surface area contributed by atoms with E-state index in [4.69, 9.17) is 27.2 Å². The Morgan fingerprint density at radius 3 is 1.35 bits per heavy atom. The lowest BCUT2D eigenvalue weighted by atomic mass is 9.99. The predicted octanol–water partition coefficient (Wildman–Crippen LogP) is 11.3. The molecule has 5 atom stereocenters. The van der Waals surface area contributed by atoms with Crippen LogP contribution >= 0.6 is 21.6 Å². The first kappa shape index (κ1) is 45.3. The molecule has 46 heavy (non-hydrogen) atoms. The first-order chi connectivity index (χ1) is 20.3. The maximum Gasteiger partial charge on any atom is 0.192 e. The Morgan fingerprint density at radius 2 is 0.957 bits per heavy atom. The molecule has 0 radical (unpaired) electrons. The summed E-state index contributed by atoms with van der Waals surface area (Å²) in [6.07, 6.45) is 1.04. The summed E-state index contributed by atoms with van der Waals surface area (Å²) in [5.74, 6) is 1.03. The zero-order chi connectivity index (χ0) is 36.4. The van der Waals surface area contributed by atoms with Crippen molar-refractivity contribution in [3.63, 3.8) is 0 Å². The standard InChI is InChI=1S/C34H76O6S2Si4/c1-31(2,3)43(14,15)36-25-26-27(38-44(16,17)32(4,5)6)28(39-45(18,19)33(7,8)9)29(40-46(20,21)34(10,11)12)30(37-26)35-23-22-24-42-41-13/h26-30H,22-25H2,1-21H3/t26-,27-,28+,29-,30?/m1/s1. The predicted molar refractivity (Wildman–Crippen MR) is 215 cm³/mol. The smallest absolute Gasteiger partial charge is 0.192 e. The second-order valence-electron chi connectivity index (χ2n) is 19.4. The minimum atomic E-state index is -2.29. The van der Waals surface area contributed by atoms with E-state index in [1.807, 2.05) is 10.8 Å². The first-order valence-corrected chi connectivity index (χ1v) is 31.8. The van der Waals surface area contributed by atoms with Gasteiger partial charge in [0.25, 0.3) is 0 Å². The third-order valence-corrected chi connectivity index (χ3v) is 31.3. The molecule has 0 amide bonds. The summed E-state index contributed by atoms with van der Waals surface area (Å²) < 4.78 is 43.0. The minimum absolute atomic E-state index is 0.00609. The van der Waals surface area contributed by atoms with Crippen molar-refractivity contribution in [3.8, 4) is 0 Å². The minimum Gasteiger partial charge on any atom is -0.414 e. The third-order valence-electron chi connectivity index (χ3n) is 11.5. The van der Waals surface area contributed by atoms with Gasteiger partial charge in [0.1, 0.15) is 24.4 Å². The van der Waals surface area contributed by atoms with Crippen LogP contribution in [0.1, 0.15) is 89.5 Å².